The molecule has 4 aromatic rings. The van der Waals surface area contributed by atoms with Gasteiger partial charge in [-0.15, -0.1) is 0 Å². The van der Waals surface area contributed by atoms with E-state index in [1.165, 1.54) is 0 Å². The fourth-order valence-electron chi connectivity index (χ4n) is 3.97. The van der Waals surface area contributed by atoms with E-state index in [2.05, 4.69) is 64.2 Å². The Bertz CT molecular complexity index is 1340. The van der Waals surface area contributed by atoms with Crippen LogP contribution in [0.4, 0.5) is 0 Å². The highest BCUT2D eigenvalue weighted by atomic mass is 127. The van der Waals surface area contributed by atoms with Gasteiger partial charge in [0.15, 0.2) is 0 Å². The molecule has 0 amide bonds. The smallest absolute Gasteiger partial charge is 0.221 e. The van der Waals surface area contributed by atoms with Crippen molar-refractivity contribution < 1.29 is 4.74 Å². The molecule has 5 heterocycles. The zero-order valence-electron chi connectivity index (χ0n) is 18.4. The lowest BCUT2D eigenvalue weighted by atomic mass is 10.1. The van der Waals surface area contributed by atoms with Crippen molar-refractivity contribution in [3.8, 4) is 17.1 Å². The number of halogens is 1. The fourth-order valence-corrected chi connectivity index (χ4v) is 5.49. The molecule has 0 saturated carbocycles. The van der Waals surface area contributed by atoms with Crippen molar-refractivity contribution in [1.29, 1.82) is 0 Å². The summed E-state index contributed by atoms with van der Waals surface area (Å²) < 4.78 is 11.9. The molecule has 0 radical (unpaired) electrons. The van der Waals surface area contributed by atoms with Gasteiger partial charge in [-0.3, -0.25) is 14.6 Å². The maximum absolute atomic E-state index is 6.17. The zero-order valence-corrected chi connectivity index (χ0v) is 21.5. The van der Waals surface area contributed by atoms with Crippen LogP contribution in [0.5, 0.6) is 5.88 Å². The topological polar surface area (TPSA) is 78.8 Å². The average molecular weight is 562 g/mol. The molecular weight excluding hydrogens is 538 g/mol. The van der Waals surface area contributed by atoms with Gasteiger partial charge in [-0.25, -0.2) is 9.13 Å². The maximum Gasteiger partial charge on any atom is 0.221 e. The molecule has 0 fully saturated rings. The summed E-state index contributed by atoms with van der Waals surface area (Å²) in [6, 6.07) is 2.09. The first-order chi connectivity index (χ1) is 15.5. The number of ether oxygens (including phenoxy) is 1. The second kappa shape index (κ2) is 8.57. The van der Waals surface area contributed by atoms with Gasteiger partial charge in [0.05, 0.1) is 46.9 Å². The molecule has 32 heavy (non-hydrogen) atoms. The van der Waals surface area contributed by atoms with Crippen molar-refractivity contribution in [3.05, 3.63) is 41.1 Å². The molecule has 5 rings (SSSR count). The normalized spacial score (nSPS) is 16.2. The Kier molecular flexibility index (Phi) is 5.77. The Hall–Kier alpha value is -2.30. The number of likely N-dealkylation sites (N-methyl/N-ethyl adjacent to an activating group) is 1. The molecule has 0 aliphatic carbocycles. The van der Waals surface area contributed by atoms with Gasteiger partial charge in [-0.05, 0) is 54.2 Å². The molecule has 4 aromatic heterocycles. The molecule has 1 aliphatic rings. The Morgan fingerprint density at radius 2 is 1.94 bits per heavy atom. The minimum atomic E-state index is 0.483. The lowest BCUT2D eigenvalue weighted by molar-refractivity contribution is 0.220. The number of hydrogen-bond donors (Lipinski definition) is 0. The minimum Gasteiger partial charge on any atom is -0.476 e. The summed E-state index contributed by atoms with van der Waals surface area (Å²) in [4.78, 5) is 6.94. The summed E-state index contributed by atoms with van der Waals surface area (Å²) in [6.45, 7) is 4.14. The van der Waals surface area contributed by atoms with Crippen LogP contribution in [0.3, 0.4) is 0 Å². The third-order valence-electron chi connectivity index (χ3n) is 5.83. The fraction of sp³-hybridized carbons (Fsp3) is 0.333. The van der Waals surface area contributed by atoms with E-state index in [-0.39, 0.29) is 0 Å². The SMILES string of the molecule is Cc1c2c(nn1C)CN(C)CCOc1c(cnn1C)-c1cc3c(nn(PI)c3cn1)/C=C/2. The Balaban J connectivity index is 1.71. The second-order valence-electron chi connectivity index (χ2n) is 7.94. The van der Waals surface area contributed by atoms with E-state index < -0.39 is 0 Å². The van der Waals surface area contributed by atoms with Gasteiger partial charge in [0.1, 0.15) is 6.61 Å². The largest absolute Gasteiger partial charge is 0.476 e. The van der Waals surface area contributed by atoms with Gasteiger partial charge in [-0.1, -0.05) is 0 Å². The van der Waals surface area contributed by atoms with Gasteiger partial charge in [0, 0.05) is 43.8 Å². The third-order valence-corrected chi connectivity index (χ3v) is 7.70. The molecule has 0 aromatic carbocycles. The predicted octanol–water partition coefficient (Wildman–Crippen LogP) is 3.66. The van der Waals surface area contributed by atoms with Gasteiger partial charge in [0.25, 0.3) is 0 Å². The van der Waals surface area contributed by atoms with Crippen LogP contribution in [0.25, 0.3) is 34.3 Å². The van der Waals surface area contributed by atoms with E-state index in [0.29, 0.717) is 13.0 Å². The second-order valence-corrected chi connectivity index (χ2v) is 9.98. The van der Waals surface area contributed by atoms with Crippen molar-refractivity contribution in [1.82, 2.24) is 39.0 Å². The van der Waals surface area contributed by atoms with E-state index in [9.17, 15) is 0 Å². The lowest BCUT2D eigenvalue weighted by Gasteiger charge is -2.16. The van der Waals surface area contributed by atoms with E-state index >= 15 is 0 Å². The van der Waals surface area contributed by atoms with E-state index in [1.807, 2.05) is 35.6 Å². The summed E-state index contributed by atoms with van der Waals surface area (Å²) in [5.74, 6) is 0.717. The minimum absolute atomic E-state index is 0.483. The van der Waals surface area contributed by atoms with Crippen LogP contribution >= 0.6 is 28.4 Å². The van der Waals surface area contributed by atoms with Crippen molar-refractivity contribution >= 4 is 51.5 Å². The summed E-state index contributed by atoms with van der Waals surface area (Å²) in [6.07, 6.45) is 8.42. The van der Waals surface area contributed by atoms with E-state index in [1.54, 1.807) is 4.68 Å². The molecule has 0 N–H and O–H groups in total. The first kappa shape index (κ1) is 21.5. The molecule has 1 aliphatic heterocycles. The Labute approximate surface area is 200 Å². The summed E-state index contributed by atoms with van der Waals surface area (Å²) in [5.41, 5.74) is 6.95. The molecule has 11 heteroatoms. The van der Waals surface area contributed by atoms with Crippen molar-refractivity contribution in [2.24, 2.45) is 14.1 Å². The standard InChI is InChI=1S/C21H24IN8OP/c1-13-14-5-6-17-15-9-18(23-11-20(15)30(26-17)32-22)16-10-24-29(4)21(16)31-8-7-27(2)12-19(14)25-28(13)3/h5-6,9-11,32H,7-8,12H2,1-4H3/b6-5+. The number of pyridine rings is 1. The predicted molar refractivity (Wildman–Crippen MR) is 136 cm³/mol. The van der Waals surface area contributed by atoms with Crippen LogP contribution < -0.4 is 4.74 Å². The highest BCUT2D eigenvalue weighted by molar-refractivity contribution is 14.2. The van der Waals surface area contributed by atoms with Crippen LogP contribution in [0.15, 0.2) is 18.5 Å². The zero-order chi connectivity index (χ0) is 22.4. The van der Waals surface area contributed by atoms with Gasteiger partial charge in [0.2, 0.25) is 5.88 Å². The summed E-state index contributed by atoms with van der Waals surface area (Å²) in [5, 5.41) is 15.1. The molecule has 1 atom stereocenters. The molecule has 166 valence electrons. The van der Waals surface area contributed by atoms with E-state index in [0.717, 1.165) is 63.8 Å². The molecule has 1 unspecified atom stereocenters. The highest BCUT2D eigenvalue weighted by Crippen LogP contribution is 2.35. The van der Waals surface area contributed by atoms with Crippen LogP contribution in [0, 0.1) is 6.92 Å². The van der Waals surface area contributed by atoms with Crippen molar-refractivity contribution in [2.75, 3.05) is 20.2 Å². The number of hydrogen-bond acceptors (Lipinski definition) is 6. The van der Waals surface area contributed by atoms with Gasteiger partial charge < -0.3 is 4.74 Å². The molecule has 0 spiro atoms. The van der Waals surface area contributed by atoms with Crippen LogP contribution in [0.2, 0.25) is 0 Å². The quantitative estimate of drug-likeness (QED) is 0.261. The first-order valence-electron chi connectivity index (χ1n) is 10.3. The van der Waals surface area contributed by atoms with Crippen molar-refractivity contribution in [2.45, 2.75) is 13.5 Å². The lowest BCUT2D eigenvalue weighted by Crippen LogP contribution is -2.25. The number of nitrogens with zero attached hydrogens (tertiary/aromatic N) is 8. The van der Waals surface area contributed by atoms with Crippen LogP contribution in [-0.4, -0.2) is 59.2 Å². The van der Waals surface area contributed by atoms with Gasteiger partial charge in [-0.2, -0.15) is 15.3 Å². The number of aryl methyl sites for hydroxylation is 2. The third kappa shape index (κ3) is 3.74. The van der Waals surface area contributed by atoms with Crippen molar-refractivity contribution in [3.63, 3.8) is 0 Å². The monoisotopic (exact) mass is 562 g/mol. The average Bonchev–Trinajstić information content (AvgIpc) is 3.40. The molecule has 2 bridgehead atoms. The van der Waals surface area contributed by atoms with Crippen LogP contribution in [-0.2, 0) is 20.6 Å². The molecular formula is C21H24IN8OP. The first-order valence-corrected chi connectivity index (χ1v) is 14.3. The Morgan fingerprint density at radius 3 is 2.75 bits per heavy atom. The summed E-state index contributed by atoms with van der Waals surface area (Å²) >= 11 is 2.35. The maximum atomic E-state index is 6.17. The number of rotatable bonds is 1. The molecule has 9 nitrogen and oxygen atoms in total. The van der Waals surface area contributed by atoms with Crippen LogP contribution in [0.1, 0.15) is 22.6 Å². The Morgan fingerprint density at radius 1 is 1.09 bits per heavy atom. The summed E-state index contributed by atoms with van der Waals surface area (Å²) in [7, 11) is 5.96. The number of fused-ring (bicyclic) bond motifs is 4. The van der Waals surface area contributed by atoms with Gasteiger partial charge >= 0.3 is 0 Å². The molecule has 0 saturated heterocycles. The number of aromatic nitrogens is 7. The van der Waals surface area contributed by atoms with E-state index in [4.69, 9.17) is 19.9 Å². The highest BCUT2D eigenvalue weighted by Gasteiger charge is 2.19.